The van der Waals surface area contributed by atoms with E-state index in [-0.39, 0.29) is 5.54 Å². The highest BCUT2D eigenvalue weighted by atomic mass is 32.1. The van der Waals surface area contributed by atoms with Crippen LogP contribution in [0.1, 0.15) is 51.8 Å². The summed E-state index contributed by atoms with van der Waals surface area (Å²) in [5.41, 5.74) is 0.234. The Hall–Kier alpha value is -0.380. The van der Waals surface area contributed by atoms with Gasteiger partial charge in [-0.3, -0.25) is 4.90 Å². The van der Waals surface area contributed by atoms with Gasteiger partial charge in [-0.15, -0.1) is 11.3 Å². The lowest BCUT2D eigenvalue weighted by Crippen LogP contribution is -2.41. The van der Waals surface area contributed by atoms with Crippen LogP contribution < -0.4 is 5.32 Å². The predicted molar refractivity (Wildman–Crippen MR) is 84.7 cm³/mol. The maximum atomic E-state index is 3.60. The van der Waals surface area contributed by atoms with Crippen LogP contribution in [0.5, 0.6) is 0 Å². The molecule has 0 aromatic carbocycles. The largest absolute Gasteiger partial charge is 0.312 e. The van der Waals surface area contributed by atoms with Crippen LogP contribution in [0.25, 0.3) is 0 Å². The SMILES string of the molecule is CC(CCNC(C)(C)C)N(Cc1cccs1)C1CC1. The number of nitrogens with one attached hydrogen (secondary N) is 1. The lowest BCUT2D eigenvalue weighted by molar-refractivity contribution is 0.179. The van der Waals surface area contributed by atoms with Gasteiger partial charge in [-0.25, -0.2) is 0 Å². The highest BCUT2D eigenvalue weighted by Gasteiger charge is 2.32. The summed E-state index contributed by atoms with van der Waals surface area (Å²) in [7, 11) is 0. The zero-order valence-corrected chi connectivity index (χ0v) is 13.6. The molecule has 3 heteroatoms. The van der Waals surface area contributed by atoms with Crippen molar-refractivity contribution in [3.63, 3.8) is 0 Å². The second-order valence-corrected chi connectivity index (χ2v) is 7.83. The second kappa shape index (κ2) is 6.38. The van der Waals surface area contributed by atoms with Gasteiger partial charge in [-0.05, 0) is 64.9 Å². The van der Waals surface area contributed by atoms with Gasteiger partial charge in [-0.2, -0.15) is 0 Å². The van der Waals surface area contributed by atoms with Gasteiger partial charge < -0.3 is 5.32 Å². The fourth-order valence-corrected chi connectivity index (χ4v) is 3.17. The molecule has 2 rings (SSSR count). The number of rotatable bonds is 7. The quantitative estimate of drug-likeness (QED) is 0.815. The van der Waals surface area contributed by atoms with Crippen molar-refractivity contribution in [1.82, 2.24) is 10.2 Å². The minimum absolute atomic E-state index is 0.234. The number of thiophene rings is 1. The zero-order chi connectivity index (χ0) is 13.9. The maximum Gasteiger partial charge on any atom is 0.0333 e. The molecule has 0 amide bonds. The first-order chi connectivity index (χ1) is 8.96. The Balaban J connectivity index is 1.81. The third kappa shape index (κ3) is 5.25. The molecule has 1 aromatic heterocycles. The van der Waals surface area contributed by atoms with Crippen LogP contribution in [0.15, 0.2) is 17.5 Å². The fourth-order valence-electron chi connectivity index (χ4n) is 2.46. The molecule has 0 aliphatic heterocycles. The molecule has 0 spiro atoms. The first-order valence-electron chi connectivity index (χ1n) is 7.49. The van der Waals surface area contributed by atoms with Crippen LogP contribution in [0.3, 0.4) is 0 Å². The number of nitrogens with zero attached hydrogens (tertiary/aromatic N) is 1. The molecule has 0 saturated heterocycles. The Labute approximate surface area is 122 Å². The van der Waals surface area contributed by atoms with Gasteiger partial charge in [0.25, 0.3) is 0 Å². The van der Waals surface area contributed by atoms with Crippen LogP contribution in [0, 0.1) is 0 Å². The Morgan fingerprint density at radius 3 is 2.68 bits per heavy atom. The van der Waals surface area contributed by atoms with Crippen molar-refractivity contribution in [3.8, 4) is 0 Å². The van der Waals surface area contributed by atoms with E-state index in [1.807, 2.05) is 11.3 Å². The molecule has 1 N–H and O–H groups in total. The van der Waals surface area contributed by atoms with Crippen molar-refractivity contribution < 1.29 is 0 Å². The minimum Gasteiger partial charge on any atom is -0.312 e. The first kappa shape index (κ1) is 15.0. The van der Waals surface area contributed by atoms with E-state index in [0.29, 0.717) is 6.04 Å². The Morgan fingerprint density at radius 1 is 1.42 bits per heavy atom. The Bertz CT molecular complexity index is 363. The van der Waals surface area contributed by atoms with E-state index in [1.54, 1.807) is 0 Å². The molecule has 1 atom stereocenters. The minimum atomic E-state index is 0.234. The van der Waals surface area contributed by atoms with Crippen molar-refractivity contribution in [1.29, 1.82) is 0 Å². The van der Waals surface area contributed by atoms with Crippen LogP contribution >= 0.6 is 11.3 Å². The summed E-state index contributed by atoms with van der Waals surface area (Å²) in [5, 5.41) is 5.79. The van der Waals surface area contributed by atoms with E-state index in [2.05, 4.69) is 55.4 Å². The summed E-state index contributed by atoms with van der Waals surface area (Å²) < 4.78 is 0. The summed E-state index contributed by atoms with van der Waals surface area (Å²) in [6, 6.07) is 5.94. The normalized spacial score (nSPS) is 17.9. The molecule has 1 aliphatic rings. The Morgan fingerprint density at radius 2 is 2.16 bits per heavy atom. The van der Waals surface area contributed by atoms with E-state index in [9.17, 15) is 0 Å². The molecule has 108 valence electrons. The van der Waals surface area contributed by atoms with Crippen molar-refractivity contribution in [3.05, 3.63) is 22.4 Å². The molecule has 0 radical (unpaired) electrons. The fraction of sp³-hybridized carbons (Fsp3) is 0.750. The molecule has 1 aliphatic carbocycles. The van der Waals surface area contributed by atoms with Crippen molar-refractivity contribution in [2.24, 2.45) is 0 Å². The smallest absolute Gasteiger partial charge is 0.0333 e. The van der Waals surface area contributed by atoms with Gasteiger partial charge in [0.15, 0.2) is 0 Å². The average molecular weight is 280 g/mol. The summed E-state index contributed by atoms with van der Waals surface area (Å²) in [6.45, 7) is 11.3. The summed E-state index contributed by atoms with van der Waals surface area (Å²) in [6.07, 6.45) is 4.02. The van der Waals surface area contributed by atoms with Gasteiger partial charge in [0.05, 0.1) is 0 Å². The van der Waals surface area contributed by atoms with E-state index in [0.717, 1.165) is 19.1 Å². The van der Waals surface area contributed by atoms with Gasteiger partial charge in [0.2, 0.25) is 0 Å². The van der Waals surface area contributed by atoms with Crippen LogP contribution in [-0.2, 0) is 6.54 Å². The zero-order valence-electron chi connectivity index (χ0n) is 12.8. The van der Waals surface area contributed by atoms with Crippen LogP contribution in [0.4, 0.5) is 0 Å². The number of hydrogen-bond donors (Lipinski definition) is 1. The molecular formula is C16H28N2S. The molecule has 1 unspecified atom stereocenters. The van der Waals surface area contributed by atoms with Gasteiger partial charge >= 0.3 is 0 Å². The van der Waals surface area contributed by atoms with Crippen LogP contribution in [-0.4, -0.2) is 29.1 Å². The van der Waals surface area contributed by atoms with Gasteiger partial charge in [-0.1, -0.05) is 6.07 Å². The highest BCUT2D eigenvalue weighted by Crippen LogP contribution is 2.31. The molecule has 19 heavy (non-hydrogen) atoms. The molecule has 1 heterocycles. The average Bonchev–Trinajstić information content (AvgIpc) is 3.01. The molecule has 0 bridgehead atoms. The lowest BCUT2D eigenvalue weighted by atomic mass is 10.1. The van der Waals surface area contributed by atoms with Crippen molar-refractivity contribution in [2.45, 2.75) is 71.1 Å². The molecule has 1 saturated carbocycles. The molecule has 2 nitrogen and oxygen atoms in total. The third-order valence-electron chi connectivity index (χ3n) is 3.72. The summed E-state index contributed by atoms with van der Waals surface area (Å²) in [5.74, 6) is 0. The highest BCUT2D eigenvalue weighted by molar-refractivity contribution is 7.09. The van der Waals surface area contributed by atoms with Crippen molar-refractivity contribution >= 4 is 11.3 Å². The van der Waals surface area contributed by atoms with E-state index in [4.69, 9.17) is 0 Å². The topological polar surface area (TPSA) is 15.3 Å². The van der Waals surface area contributed by atoms with Crippen molar-refractivity contribution in [2.75, 3.05) is 6.54 Å². The van der Waals surface area contributed by atoms with E-state index >= 15 is 0 Å². The predicted octanol–water partition coefficient (Wildman–Crippen LogP) is 3.88. The second-order valence-electron chi connectivity index (χ2n) is 6.80. The van der Waals surface area contributed by atoms with E-state index < -0.39 is 0 Å². The van der Waals surface area contributed by atoms with Crippen LogP contribution in [0.2, 0.25) is 0 Å². The summed E-state index contributed by atoms with van der Waals surface area (Å²) in [4.78, 5) is 4.21. The monoisotopic (exact) mass is 280 g/mol. The molecule has 1 aromatic rings. The molecule has 1 fully saturated rings. The van der Waals surface area contributed by atoms with Gasteiger partial charge in [0.1, 0.15) is 0 Å². The van der Waals surface area contributed by atoms with Gasteiger partial charge in [0, 0.05) is 29.0 Å². The number of hydrogen-bond acceptors (Lipinski definition) is 3. The standard InChI is InChI=1S/C16H28N2S/c1-13(9-10-17-16(2,3)4)18(14-7-8-14)12-15-6-5-11-19-15/h5-6,11,13-14,17H,7-10,12H2,1-4H3. The third-order valence-corrected chi connectivity index (χ3v) is 4.58. The summed E-state index contributed by atoms with van der Waals surface area (Å²) >= 11 is 1.88. The Kier molecular flexibility index (Phi) is 5.04. The lowest BCUT2D eigenvalue weighted by Gasteiger charge is -2.30. The molecular weight excluding hydrogens is 252 g/mol. The van der Waals surface area contributed by atoms with E-state index in [1.165, 1.54) is 24.1 Å². The maximum absolute atomic E-state index is 3.60. The first-order valence-corrected chi connectivity index (χ1v) is 8.37.